The summed E-state index contributed by atoms with van der Waals surface area (Å²) in [7, 11) is 0. The van der Waals surface area contributed by atoms with Crippen molar-refractivity contribution < 1.29 is 4.79 Å². The molecule has 24 heavy (non-hydrogen) atoms. The number of piperidine rings is 1. The number of aromatic nitrogens is 1. The fraction of sp³-hybridized carbons (Fsp3) is 0.400. The van der Waals surface area contributed by atoms with Crippen LogP contribution in [0.2, 0.25) is 0 Å². The van der Waals surface area contributed by atoms with Crippen LogP contribution in [0.4, 0.5) is 4.79 Å². The summed E-state index contributed by atoms with van der Waals surface area (Å²) in [5.41, 5.74) is 3.37. The number of carbonyl (C=O) groups is 1. The van der Waals surface area contributed by atoms with Crippen molar-refractivity contribution in [2.24, 2.45) is 5.92 Å². The maximum atomic E-state index is 12.5. The third kappa shape index (κ3) is 2.88. The number of urea groups is 1. The molecule has 1 aliphatic heterocycles. The number of benzene rings is 1. The number of nitrogens with zero attached hydrogens (tertiary/aromatic N) is 2. The lowest BCUT2D eigenvalue weighted by Gasteiger charge is -2.28. The average molecular weight is 321 g/mol. The van der Waals surface area contributed by atoms with Crippen LogP contribution in [0.25, 0.3) is 11.1 Å². The van der Waals surface area contributed by atoms with Crippen LogP contribution >= 0.6 is 0 Å². The second kappa shape index (κ2) is 6.27. The molecule has 1 saturated heterocycles. The molecule has 4 nitrogen and oxygen atoms in total. The molecule has 1 aromatic carbocycles. The lowest BCUT2D eigenvalue weighted by molar-refractivity contribution is 0.178. The normalized spacial score (nSPS) is 23.3. The summed E-state index contributed by atoms with van der Waals surface area (Å²) in [6.07, 6.45) is 7.30. The van der Waals surface area contributed by atoms with E-state index in [1.54, 1.807) is 6.20 Å². The first-order valence-electron chi connectivity index (χ1n) is 8.78. The van der Waals surface area contributed by atoms with Crippen LogP contribution in [0, 0.1) is 5.92 Å². The molecule has 1 aliphatic carbocycles. The lowest BCUT2D eigenvalue weighted by atomic mass is 10.0. The van der Waals surface area contributed by atoms with Gasteiger partial charge in [-0.1, -0.05) is 30.3 Å². The van der Waals surface area contributed by atoms with E-state index in [1.165, 1.54) is 19.3 Å². The molecule has 2 fully saturated rings. The summed E-state index contributed by atoms with van der Waals surface area (Å²) in [4.78, 5) is 18.7. The van der Waals surface area contributed by atoms with Crippen LogP contribution in [-0.2, 0) is 0 Å². The van der Waals surface area contributed by atoms with Crippen LogP contribution in [0.1, 0.15) is 37.8 Å². The van der Waals surface area contributed by atoms with Gasteiger partial charge in [0.25, 0.3) is 0 Å². The SMILES string of the molecule is C[C@@H](NC(=O)N1C[C@H]2CC[C@H]1C2)c1ccc(-c2cccnc2)cc1. The molecule has 2 aliphatic rings. The summed E-state index contributed by atoms with van der Waals surface area (Å²) in [6.45, 7) is 2.98. The number of hydrogen-bond acceptors (Lipinski definition) is 2. The number of hydrogen-bond donors (Lipinski definition) is 1. The zero-order chi connectivity index (χ0) is 16.5. The van der Waals surface area contributed by atoms with Gasteiger partial charge < -0.3 is 10.2 Å². The summed E-state index contributed by atoms with van der Waals surface area (Å²) < 4.78 is 0. The van der Waals surface area contributed by atoms with E-state index >= 15 is 0 Å². The highest BCUT2D eigenvalue weighted by molar-refractivity contribution is 5.75. The third-order valence-corrected chi connectivity index (χ3v) is 5.42. The molecule has 0 radical (unpaired) electrons. The van der Waals surface area contributed by atoms with E-state index in [9.17, 15) is 4.79 Å². The van der Waals surface area contributed by atoms with Crippen molar-refractivity contribution in [3.05, 3.63) is 54.4 Å². The van der Waals surface area contributed by atoms with Gasteiger partial charge in [0.05, 0.1) is 6.04 Å². The quantitative estimate of drug-likeness (QED) is 0.928. The van der Waals surface area contributed by atoms with Gasteiger partial charge in [-0.05, 0) is 54.9 Å². The molecule has 0 spiro atoms. The molecule has 0 unspecified atom stereocenters. The Morgan fingerprint density at radius 2 is 2.04 bits per heavy atom. The van der Waals surface area contributed by atoms with E-state index in [0.29, 0.717) is 6.04 Å². The zero-order valence-corrected chi connectivity index (χ0v) is 14.0. The molecule has 1 aromatic heterocycles. The highest BCUT2D eigenvalue weighted by atomic mass is 16.2. The topological polar surface area (TPSA) is 45.2 Å². The Morgan fingerprint density at radius 1 is 1.21 bits per heavy atom. The second-order valence-corrected chi connectivity index (χ2v) is 7.02. The van der Waals surface area contributed by atoms with Gasteiger partial charge in [0, 0.05) is 25.0 Å². The fourth-order valence-corrected chi connectivity index (χ4v) is 4.02. The Hall–Kier alpha value is -2.36. The summed E-state index contributed by atoms with van der Waals surface area (Å²) in [6, 6.07) is 12.9. The molecule has 124 valence electrons. The van der Waals surface area contributed by atoms with Crippen molar-refractivity contribution in [1.82, 2.24) is 15.2 Å². The minimum absolute atomic E-state index is 0.0135. The number of pyridine rings is 1. The first kappa shape index (κ1) is 15.2. The van der Waals surface area contributed by atoms with Gasteiger partial charge in [0.2, 0.25) is 0 Å². The third-order valence-electron chi connectivity index (χ3n) is 5.42. The van der Waals surface area contributed by atoms with E-state index in [2.05, 4.69) is 40.6 Å². The van der Waals surface area contributed by atoms with Gasteiger partial charge in [-0.25, -0.2) is 4.79 Å². The van der Waals surface area contributed by atoms with Gasteiger partial charge in [-0.3, -0.25) is 4.98 Å². The van der Waals surface area contributed by atoms with Gasteiger partial charge in [0.1, 0.15) is 0 Å². The van der Waals surface area contributed by atoms with Crippen molar-refractivity contribution in [2.45, 2.75) is 38.3 Å². The van der Waals surface area contributed by atoms with Gasteiger partial charge in [-0.2, -0.15) is 0 Å². The maximum absolute atomic E-state index is 12.5. The van der Waals surface area contributed by atoms with Crippen molar-refractivity contribution >= 4 is 6.03 Å². The highest BCUT2D eigenvalue weighted by Crippen LogP contribution is 2.37. The molecule has 2 amide bonds. The monoisotopic (exact) mass is 321 g/mol. The number of fused-ring (bicyclic) bond motifs is 2. The second-order valence-electron chi connectivity index (χ2n) is 7.02. The van der Waals surface area contributed by atoms with Gasteiger partial charge in [-0.15, -0.1) is 0 Å². The van der Waals surface area contributed by atoms with Crippen molar-refractivity contribution in [3.8, 4) is 11.1 Å². The Balaban J connectivity index is 1.41. The van der Waals surface area contributed by atoms with Crippen LogP contribution in [0.3, 0.4) is 0 Å². The Labute approximate surface area is 142 Å². The average Bonchev–Trinajstić information content (AvgIpc) is 3.26. The summed E-state index contributed by atoms with van der Waals surface area (Å²) in [5.74, 6) is 0.731. The van der Waals surface area contributed by atoms with E-state index in [0.717, 1.165) is 29.2 Å². The first-order chi connectivity index (χ1) is 11.7. The predicted molar refractivity (Wildman–Crippen MR) is 94.5 cm³/mol. The molecular weight excluding hydrogens is 298 g/mol. The summed E-state index contributed by atoms with van der Waals surface area (Å²) in [5, 5.41) is 3.16. The van der Waals surface area contributed by atoms with Crippen LogP contribution in [-0.4, -0.2) is 28.5 Å². The Morgan fingerprint density at radius 3 is 2.67 bits per heavy atom. The maximum Gasteiger partial charge on any atom is 0.318 e. The molecule has 4 rings (SSSR count). The van der Waals surface area contributed by atoms with E-state index < -0.39 is 0 Å². The first-order valence-corrected chi connectivity index (χ1v) is 8.78. The lowest BCUT2D eigenvalue weighted by Crippen LogP contribution is -2.45. The molecule has 2 heterocycles. The number of likely N-dealkylation sites (tertiary alicyclic amines) is 1. The number of nitrogens with one attached hydrogen (secondary N) is 1. The molecular formula is C20H23N3O. The molecule has 1 N–H and O–H groups in total. The minimum Gasteiger partial charge on any atom is -0.331 e. The fourth-order valence-electron chi connectivity index (χ4n) is 4.02. The molecule has 3 atom stereocenters. The number of amides is 2. The smallest absolute Gasteiger partial charge is 0.318 e. The molecule has 2 bridgehead atoms. The van der Waals surface area contributed by atoms with Crippen molar-refractivity contribution in [3.63, 3.8) is 0 Å². The van der Waals surface area contributed by atoms with Crippen LogP contribution in [0.15, 0.2) is 48.8 Å². The number of rotatable bonds is 3. The van der Waals surface area contributed by atoms with E-state index in [4.69, 9.17) is 0 Å². The van der Waals surface area contributed by atoms with Gasteiger partial charge in [0.15, 0.2) is 0 Å². The van der Waals surface area contributed by atoms with Gasteiger partial charge >= 0.3 is 6.03 Å². The minimum atomic E-state index is 0.0135. The Kier molecular flexibility index (Phi) is 3.97. The molecule has 4 heteroatoms. The number of carbonyl (C=O) groups excluding carboxylic acids is 1. The zero-order valence-electron chi connectivity index (χ0n) is 14.0. The highest BCUT2D eigenvalue weighted by Gasteiger charge is 2.40. The van der Waals surface area contributed by atoms with Crippen molar-refractivity contribution in [2.75, 3.05) is 6.54 Å². The largest absolute Gasteiger partial charge is 0.331 e. The van der Waals surface area contributed by atoms with E-state index in [-0.39, 0.29) is 12.1 Å². The van der Waals surface area contributed by atoms with Crippen LogP contribution in [0.5, 0.6) is 0 Å². The van der Waals surface area contributed by atoms with E-state index in [1.807, 2.05) is 24.1 Å². The van der Waals surface area contributed by atoms with Crippen LogP contribution < -0.4 is 5.32 Å². The summed E-state index contributed by atoms with van der Waals surface area (Å²) >= 11 is 0. The standard InChI is InChI=1S/C20H23N3O/c1-14(22-20(24)23-13-15-4-9-19(23)11-15)16-5-7-17(8-6-16)18-3-2-10-21-12-18/h2-3,5-8,10,12,14-15,19H,4,9,11,13H2,1H3,(H,22,24)/t14-,15+,19+/m1/s1. The molecule has 2 aromatic rings. The predicted octanol–water partition coefficient (Wildman–Crippen LogP) is 4.00. The van der Waals surface area contributed by atoms with Crippen molar-refractivity contribution in [1.29, 1.82) is 0 Å². The molecule has 1 saturated carbocycles. The Bertz CT molecular complexity index is 713.